The van der Waals surface area contributed by atoms with Crippen molar-refractivity contribution in [3.05, 3.63) is 53.9 Å². The van der Waals surface area contributed by atoms with Crippen molar-refractivity contribution in [2.24, 2.45) is 0 Å². The molecule has 0 saturated heterocycles. The summed E-state index contributed by atoms with van der Waals surface area (Å²) in [6.45, 7) is 0. The van der Waals surface area contributed by atoms with Gasteiger partial charge in [-0.15, -0.1) is 21.5 Å². The maximum atomic E-state index is 11.6. The van der Waals surface area contributed by atoms with Crippen LogP contribution in [0.15, 0.2) is 53.9 Å². The first kappa shape index (κ1) is 15.9. The standard InChI is InChI=1S/C18H12N6OS/c19-9-8-17(25)20-13-4-1-3-12(11-13)14-6-7-16-21-22-18(24(16)23-14)15-5-2-10-26-15/h1-7,10-11H,8H2,(H,20,25). The molecule has 7 nitrogen and oxygen atoms in total. The van der Waals surface area contributed by atoms with Crippen LogP contribution in [0.5, 0.6) is 0 Å². The van der Waals surface area contributed by atoms with Crippen molar-refractivity contribution in [2.45, 2.75) is 6.42 Å². The number of nitriles is 1. The highest BCUT2D eigenvalue weighted by Crippen LogP contribution is 2.25. The second kappa shape index (κ2) is 6.74. The molecule has 8 heteroatoms. The molecule has 4 rings (SSSR count). The topological polar surface area (TPSA) is 96.0 Å². The third kappa shape index (κ3) is 3.03. The lowest BCUT2D eigenvalue weighted by Crippen LogP contribution is -2.10. The predicted octanol–water partition coefficient (Wildman–Crippen LogP) is 3.37. The van der Waals surface area contributed by atoms with Crippen molar-refractivity contribution in [1.29, 1.82) is 5.26 Å². The van der Waals surface area contributed by atoms with E-state index in [0.717, 1.165) is 16.1 Å². The molecule has 0 bridgehead atoms. The maximum Gasteiger partial charge on any atom is 0.238 e. The predicted molar refractivity (Wildman–Crippen MR) is 98.4 cm³/mol. The number of fused-ring (bicyclic) bond motifs is 1. The van der Waals surface area contributed by atoms with E-state index in [-0.39, 0.29) is 12.3 Å². The van der Waals surface area contributed by atoms with Gasteiger partial charge in [-0.05, 0) is 35.7 Å². The SMILES string of the molecule is N#CCC(=O)Nc1cccc(-c2ccc3nnc(-c4cccs4)n3n2)c1. The Balaban J connectivity index is 1.72. The molecule has 0 saturated carbocycles. The molecule has 0 atom stereocenters. The van der Waals surface area contributed by atoms with Gasteiger partial charge in [0, 0.05) is 11.3 Å². The molecular formula is C18H12N6OS. The van der Waals surface area contributed by atoms with Crippen LogP contribution in [0.3, 0.4) is 0 Å². The van der Waals surface area contributed by atoms with Gasteiger partial charge in [-0.2, -0.15) is 14.9 Å². The number of thiophene rings is 1. The minimum Gasteiger partial charge on any atom is -0.325 e. The minimum atomic E-state index is -0.341. The van der Waals surface area contributed by atoms with Crippen molar-refractivity contribution in [1.82, 2.24) is 19.8 Å². The van der Waals surface area contributed by atoms with Gasteiger partial charge < -0.3 is 5.32 Å². The van der Waals surface area contributed by atoms with E-state index in [1.807, 2.05) is 53.9 Å². The van der Waals surface area contributed by atoms with Crippen molar-refractivity contribution in [2.75, 3.05) is 5.32 Å². The number of carbonyl (C=O) groups is 1. The molecule has 26 heavy (non-hydrogen) atoms. The highest BCUT2D eigenvalue weighted by Gasteiger charge is 2.12. The molecule has 126 valence electrons. The molecule has 0 fully saturated rings. The molecule has 0 aliphatic carbocycles. The summed E-state index contributed by atoms with van der Waals surface area (Å²) in [6, 6.07) is 16.8. The maximum absolute atomic E-state index is 11.6. The van der Waals surface area contributed by atoms with Crippen LogP contribution in [0.25, 0.3) is 27.6 Å². The van der Waals surface area contributed by atoms with Crippen LogP contribution < -0.4 is 5.32 Å². The van der Waals surface area contributed by atoms with Gasteiger partial charge in [0.05, 0.1) is 16.6 Å². The third-order valence-corrected chi connectivity index (χ3v) is 4.55. The van der Waals surface area contributed by atoms with Gasteiger partial charge in [0.25, 0.3) is 0 Å². The zero-order valence-corrected chi connectivity index (χ0v) is 14.3. The van der Waals surface area contributed by atoms with Gasteiger partial charge in [-0.3, -0.25) is 4.79 Å². The largest absolute Gasteiger partial charge is 0.325 e. The average molecular weight is 360 g/mol. The first-order valence-corrected chi connectivity index (χ1v) is 8.66. The Morgan fingerprint density at radius 2 is 2.12 bits per heavy atom. The number of anilines is 1. The van der Waals surface area contributed by atoms with Crippen molar-refractivity contribution >= 4 is 28.6 Å². The number of carbonyl (C=O) groups excluding carboxylic acids is 1. The number of rotatable bonds is 4. The Morgan fingerprint density at radius 1 is 1.19 bits per heavy atom. The highest BCUT2D eigenvalue weighted by atomic mass is 32.1. The molecule has 0 radical (unpaired) electrons. The Labute approximate surface area is 152 Å². The molecule has 1 N–H and O–H groups in total. The zero-order valence-electron chi connectivity index (χ0n) is 13.5. The van der Waals surface area contributed by atoms with Gasteiger partial charge in [0.1, 0.15) is 6.42 Å². The van der Waals surface area contributed by atoms with E-state index in [9.17, 15) is 4.79 Å². The number of aromatic nitrogens is 4. The van der Waals surface area contributed by atoms with E-state index in [0.29, 0.717) is 17.2 Å². The fraction of sp³-hybridized carbons (Fsp3) is 0.0556. The second-order valence-corrected chi connectivity index (χ2v) is 6.40. The summed E-state index contributed by atoms with van der Waals surface area (Å²) in [5, 5.41) is 26.3. The number of nitrogens with one attached hydrogen (secondary N) is 1. The molecule has 1 amide bonds. The Bertz CT molecular complexity index is 1130. The van der Waals surface area contributed by atoms with Crippen LogP contribution in [-0.2, 0) is 4.79 Å². The smallest absolute Gasteiger partial charge is 0.238 e. The molecule has 1 aromatic carbocycles. The Kier molecular flexibility index (Phi) is 4.13. The number of hydrogen-bond donors (Lipinski definition) is 1. The van der Waals surface area contributed by atoms with Gasteiger partial charge in [-0.1, -0.05) is 18.2 Å². The molecule has 3 heterocycles. The van der Waals surface area contributed by atoms with Crippen LogP contribution in [-0.4, -0.2) is 25.7 Å². The lowest BCUT2D eigenvalue weighted by atomic mass is 10.1. The fourth-order valence-corrected chi connectivity index (χ4v) is 3.23. The van der Waals surface area contributed by atoms with E-state index in [4.69, 9.17) is 5.26 Å². The van der Waals surface area contributed by atoms with E-state index >= 15 is 0 Å². The summed E-state index contributed by atoms with van der Waals surface area (Å²) in [4.78, 5) is 12.6. The summed E-state index contributed by atoms with van der Waals surface area (Å²) in [5.74, 6) is 0.349. The minimum absolute atomic E-state index is 0.181. The molecule has 0 unspecified atom stereocenters. The number of hydrogen-bond acceptors (Lipinski definition) is 6. The monoisotopic (exact) mass is 360 g/mol. The van der Waals surface area contributed by atoms with Crippen LogP contribution in [0.1, 0.15) is 6.42 Å². The van der Waals surface area contributed by atoms with E-state index in [1.165, 1.54) is 0 Å². The average Bonchev–Trinajstić information content (AvgIpc) is 3.31. The van der Waals surface area contributed by atoms with Crippen molar-refractivity contribution in [3.8, 4) is 28.0 Å². The molecule has 0 spiro atoms. The molecule has 0 aliphatic heterocycles. The van der Waals surface area contributed by atoms with Crippen LogP contribution >= 0.6 is 11.3 Å². The lowest BCUT2D eigenvalue weighted by molar-refractivity contribution is -0.115. The Hall–Kier alpha value is -3.57. The normalized spacial score (nSPS) is 10.6. The van der Waals surface area contributed by atoms with E-state index < -0.39 is 0 Å². The second-order valence-electron chi connectivity index (χ2n) is 5.45. The van der Waals surface area contributed by atoms with Crippen molar-refractivity contribution in [3.63, 3.8) is 0 Å². The molecule has 0 aliphatic rings. The number of benzene rings is 1. The van der Waals surface area contributed by atoms with Gasteiger partial charge >= 0.3 is 0 Å². The van der Waals surface area contributed by atoms with Crippen LogP contribution in [0.4, 0.5) is 5.69 Å². The summed E-state index contributed by atoms with van der Waals surface area (Å²) in [7, 11) is 0. The lowest BCUT2D eigenvalue weighted by Gasteiger charge is -2.06. The first-order valence-electron chi connectivity index (χ1n) is 7.78. The number of nitrogens with zero attached hydrogens (tertiary/aromatic N) is 5. The van der Waals surface area contributed by atoms with Crippen LogP contribution in [0, 0.1) is 11.3 Å². The van der Waals surface area contributed by atoms with Gasteiger partial charge in [-0.25, -0.2) is 0 Å². The highest BCUT2D eigenvalue weighted by molar-refractivity contribution is 7.13. The summed E-state index contributed by atoms with van der Waals surface area (Å²) in [6.07, 6.45) is -0.181. The number of amides is 1. The summed E-state index contributed by atoms with van der Waals surface area (Å²) < 4.78 is 1.71. The van der Waals surface area contributed by atoms with Crippen LogP contribution in [0.2, 0.25) is 0 Å². The zero-order chi connectivity index (χ0) is 17.9. The first-order chi connectivity index (χ1) is 12.7. The van der Waals surface area contributed by atoms with Crippen molar-refractivity contribution < 1.29 is 4.79 Å². The Morgan fingerprint density at radius 3 is 2.92 bits per heavy atom. The van der Waals surface area contributed by atoms with Gasteiger partial charge in [0.15, 0.2) is 11.5 Å². The summed E-state index contributed by atoms with van der Waals surface area (Å²) in [5.41, 5.74) is 2.85. The van der Waals surface area contributed by atoms with E-state index in [1.54, 1.807) is 21.9 Å². The van der Waals surface area contributed by atoms with Gasteiger partial charge in [0.2, 0.25) is 5.91 Å². The quantitative estimate of drug-likeness (QED) is 0.602. The molecule has 4 aromatic rings. The summed E-state index contributed by atoms with van der Waals surface area (Å²) >= 11 is 1.57. The fourth-order valence-electron chi connectivity index (χ4n) is 2.54. The van der Waals surface area contributed by atoms with E-state index in [2.05, 4.69) is 20.6 Å². The molecular weight excluding hydrogens is 348 g/mol. The third-order valence-electron chi connectivity index (χ3n) is 3.69. The molecule has 3 aromatic heterocycles.